The van der Waals surface area contributed by atoms with Gasteiger partial charge >= 0.3 is 0 Å². The lowest BCUT2D eigenvalue weighted by Crippen LogP contribution is -1.86. The minimum atomic E-state index is -0.759. The van der Waals surface area contributed by atoms with Crippen LogP contribution in [0.3, 0.4) is 0 Å². The molecule has 0 radical (unpaired) electrons. The number of halogens is 1. The molecule has 10 heteroatoms. The van der Waals surface area contributed by atoms with Gasteiger partial charge in [0.25, 0.3) is 11.8 Å². The lowest BCUT2D eigenvalue weighted by molar-refractivity contribution is 0.334. The summed E-state index contributed by atoms with van der Waals surface area (Å²) in [5.74, 6) is -2.23. The molecule has 84 valence electrons. The first kappa shape index (κ1) is 11.8. The van der Waals surface area contributed by atoms with Gasteiger partial charge in [-0.15, -0.1) is 10.2 Å². The van der Waals surface area contributed by atoms with Crippen LogP contribution in [0, 0.1) is 0 Å². The van der Waals surface area contributed by atoms with E-state index in [9.17, 15) is 0 Å². The van der Waals surface area contributed by atoms with Crippen molar-refractivity contribution in [3.8, 4) is 17.5 Å². The SMILES string of the molecule is Clc1ccnnn1.Oc1nnnc(O)c1O. The van der Waals surface area contributed by atoms with Crippen molar-refractivity contribution in [1.29, 1.82) is 0 Å². The summed E-state index contributed by atoms with van der Waals surface area (Å²) >= 11 is 5.33. The minimum Gasteiger partial charge on any atom is -0.499 e. The average molecular weight is 245 g/mol. The van der Waals surface area contributed by atoms with Crippen molar-refractivity contribution in [3.63, 3.8) is 0 Å². The lowest BCUT2D eigenvalue weighted by atomic mass is 10.6. The average Bonchev–Trinajstić information content (AvgIpc) is 2.28. The van der Waals surface area contributed by atoms with E-state index in [0.29, 0.717) is 5.15 Å². The largest absolute Gasteiger partial charge is 0.499 e. The molecule has 0 aliphatic heterocycles. The molecule has 0 aliphatic carbocycles. The van der Waals surface area contributed by atoms with Gasteiger partial charge in [-0.05, 0) is 16.5 Å². The standard InChI is InChI=1S/C3H2ClN3.C3H3N3O3/c4-3-1-2-5-7-6-3;7-1-2(8)4-6-5-3(1)9/h1-2H;(H,6,7)(H2,4,5,8,9). The molecule has 2 heterocycles. The summed E-state index contributed by atoms with van der Waals surface area (Å²) in [5, 5.41) is 44.6. The number of nitrogens with zero attached hydrogens (tertiary/aromatic N) is 6. The molecule has 0 aromatic carbocycles. The highest BCUT2D eigenvalue weighted by Gasteiger charge is 2.06. The zero-order chi connectivity index (χ0) is 12.0. The molecule has 9 nitrogen and oxygen atoms in total. The summed E-state index contributed by atoms with van der Waals surface area (Å²) < 4.78 is 0. The summed E-state index contributed by atoms with van der Waals surface area (Å²) in [5.41, 5.74) is 0. The van der Waals surface area contributed by atoms with Gasteiger partial charge in [-0.3, -0.25) is 0 Å². The van der Waals surface area contributed by atoms with E-state index in [-0.39, 0.29) is 0 Å². The van der Waals surface area contributed by atoms with Gasteiger partial charge < -0.3 is 15.3 Å². The van der Waals surface area contributed by atoms with Crippen LogP contribution in [0.1, 0.15) is 0 Å². The highest BCUT2D eigenvalue weighted by Crippen LogP contribution is 2.27. The number of aromatic nitrogens is 6. The van der Waals surface area contributed by atoms with Crippen molar-refractivity contribution in [3.05, 3.63) is 17.4 Å². The summed E-state index contributed by atoms with van der Waals surface area (Å²) in [6.07, 6.45) is 1.48. The second-order valence-electron chi connectivity index (χ2n) is 2.23. The molecule has 0 atom stereocenters. The molecule has 0 aliphatic rings. The van der Waals surface area contributed by atoms with Crippen molar-refractivity contribution in [1.82, 2.24) is 30.8 Å². The monoisotopic (exact) mass is 244 g/mol. The first-order chi connectivity index (χ1) is 7.61. The second-order valence-corrected chi connectivity index (χ2v) is 2.62. The Morgan fingerprint density at radius 3 is 1.88 bits per heavy atom. The fraction of sp³-hybridized carbons (Fsp3) is 0. The van der Waals surface area contributed by atoms with Gasteiger partial charge in [0, 0.05) is 0 Å². The van der Waals surface area contributed by atoms with Crippen molar-refractivity contribution < 1.29 is 15.3 Å². The number of hydrogen-bond acceptors (Lipinski definition) is 9. The normalized spacial score (nSPS) is 9.06. The van der Waals surface area contributed by atoms with Crippen molar-refractivity contribution in [2.45, 2.75) is 0 Å². The summed E-state index contributed by atoms with van der Waals surface area (Å²) in [7, 11) is 0. The highest BCUT2D eigenvalue weighted by molar-refractivity contribution is 6.29. The van der Waals surface area contributed by atoms with Crippen LogP contribution in [0.25, 0.3) is 0 Å². The van der Waals surface area contributed by atoms with Crippen LogP contribution in [-0.2, 0) is 0 Å². The molecule has 16 heavy (non-hydrogen) atoms. The van der Waals surface area contributed by atoms with Gasteiger partial charge in [0.1, 0.15) is 0 Å². The van der Waals surface area contributed by atoms with E-state index < -0.39 is 17.5 Å². The van der Waals surface area contributed by atoms with E-state index in [2.05, 4.69) is 30.8 Å². The summed E-state index contributed by atoms with van der Waals surface area (Å²) in [4.78, 5) is 0. The van der Waals surface area contributed by atoms with Gasteiger partial charge in [0.05, 0.1) is 6.20 Å². The minimum absolute atomic E-state index is 0.370. The van der Waals surface area contributed by atoms with Crippen LogP contribution < -0.4 is 0 Å². The van der Waals surface area contributed by atoms with E-state index >= 15 is 0 Å². The first-order valence-corrected chi connectivity index (χ1v) is 4.09. The molecule has 0 amide bonds. The van der Waals surface area contributed by atoms with Gasteiger partial charge in [-0.1, -0.05) is 21.8 Å². The molecule has 2 rings (SSSR count). The molecule has 2 aromatic heterocycles. The molecule has 0 spiro atoms. The number of rotatable bonds is 0. The smallest absolute Gasteiger partial charge is 0.281 e. The molecular weight excluding hydrogens is 240 g/mol. The highest BCUT2D eigenvalue weighted by atomic mass is 35.5. The topological polar surface area (TPSA) is 138 Å². The fourth-order valence-corrected chi connectivity index (χ4v) is 0.618. The van der Waals surface area contributed by atoms with E-state index in [1.54, 1.807) is 6.07 Å². The predicted molar refractivity (Wildman–Crippen MR) is 49.7 cm³/mol. The Balaban J connectivity index is 0.000000165. The van der Waals surface area contributed by atoms with Crippen molar-refractivity contribution in [2.24, 2.45) is 0 Å². The van der Waals surface area contributed by atoms with E-state index in [4.69, 9.17) is 26.9 Å². The third kappa shape index (κ3) is 3.46. The third-order valence-corrected chi connectivity index (χ3v) is 1.37. The van der Waals surface area contributed by atoms with Gasteiger partial charge in [0.15, 0.2) is 5.15 Å². The molecule has 2 aromatic rings. The Hall–Kier alpha value is -2.29. The van der Waals surface area contributed by atoms with Crippen LogP contribution in [0.5, 0.6) is 17.5 Å². The molecule has 0 saturated heterocycles. The van der Waals surface area contributed by atoms with Gasteiger partial charge in [-0.25, -0.2) is 0 Å². The number of aromatic hydroxyl groups is 3. The second kappa shape index (κ2) is 5.56. The fourth-order valence-electron chi connectivity index (χ4n) is 0.528. The quantitative estimate of drug-likeness (QED) is 0.560. The Bertz CT molecular complexity index is 435. The van der Waals surface area contributed by atoms with E-state index in [1.165, 1.54) is 6.20 Å². The molecule has 0 unspecified atom stereocenters. The zero-order valence-electron chi connectivity index (χ0n) is 7.56. The Kier molecular flexibility index (Phi) is 4.09. The van der Waals surface area contributed by atoms with Crippen LogP contribution in [0.4, 0.5) is 0 Å². The predicted octanol–water partition coefficient (Wildman–Crippen LogP) is -0.487. The maximum Gasteiger partial charge on any atom is 0.281 e. The molecule has 0 bridgehead atoms. The van der Waals surface area contributed by atoms with Crippen molar-refractivity contribution >= 4 is 11.6 Å². The van der Waals surface area contributed by atoms with Crippen LogP contribution in [0.2, 0.25) is 5.15 Å². The van der Waals surface area contributed by atoms with Crippen molar-refractivity contribution in [2.75, 3.05) is 0 Å². The van der Waals surface area contributed by atoms with Crippen LogP contribution >= 0.6 is 11.6 Å². The molecular formula is C6H5ClN6O3. The zero-order valence-corrected chi connectivity index (χ0v) is 8.31. The molecule has 0 fully saturated rings. The first-order valence-electron chi connectivity index (χ1n) is 3.71. The molecule has 0 saturated carbocycles. The van der Waals surface area contributed by atoms with Crippen LogP contribution in [-0.4, -0.2) is 46.1 Å². The van der Waals surface area contributed by atoms with Gasteiger partial charge in [0.2, 0.25) is 5.75 Å². The van der Waals surface area contributed by atoms with Gasteiger partial charge in [-0.2, -0.15) is 0 Å². The molecule has 3 N–H and O–H groups in total. The van der Waals surface area contributed by atoms with Crippen LogP contribution in [0.15, 0.2) is 12.3 Å². The Morgan fingerprint density at radius 1 is 0.938 bits per heavy atom. The Labute approximate surface area is 93.4 Å². The van der Waals surface area contributed by atoms with E-state index in [1.807, 2.05) is 0 Å². The lowest BCUT2D eigenvalue weighted by Gasteiger charge is -1.92. The van der Waals surface area contributed by atoms with E-state index in [0.717, 1.165) is 0 Å². The maximum atomic E-state index is 8.54. The summed E-state index contributed by atoms with van der Waals surface area (Å²) in [6.45, 7) is 0. The Morgan fingerprint density at radius 2 is 1.56 bits per heavy atom. The summed E-state index contributed by atoms with van der Waals surface area (Å²) in [6, 6.07) is 1.56. The maximum absolute atomic E-state index is 8.54. The third-order valence-electron chi connectivity index (χ3n) is 1.17. The number of hydrogen-bond donors (Lipinski definition) is 3.